The second-order valence-corrected chi connectivity index (χ2v) is 5.91. The van der Waals surface area contributed by atoms with Gasteiger partial charge in [0.15, 0.2) is 0 Å². The third kappa shape index (κ3) is 4.27. The summed E-state index contributed by atoms with van der Waals surface area (Å²) in [5.74, 6) is 0.534. The van der Waals surface area contributed by atoms with Gasteiger partial charge in [-0.25, -0.2) is 0 Å². The Hall–Kier alpha value is -3.87. The second kappa shape index (κ2) is 8.68. The summed E-state index contributed by atoms with van der Waals surface area (Å²) < 4.78 is 10.7. The summed E-state index contributed by atoms with van der Waals surface area (Å²) in [4.78, 5) is 16.6. The van der Waals surface area contributed by atoms with Gasteiger partial charge in [-0.2, -0.15) is 0 Å². The third-order valence-corrected chi connectivity index (χ3v) is 4.04. The number of nitrogens with two attached hydrogens (primary N) is 1. The summed E-state index contributed by atoms with van der Waals surface area (Å²) in [6, 6.07) is 10.4. The minimum Gasteiger partial charge on any atom is -0.495 e. The van der Waals surface area contributed by atoms with Crippen LogP contribution in [0.5, 0.6) is 5.75 Å². The highest BCUT2D eigenvalue weighted by Crippen LogP contribution is 2.30. The van der Waals surface area contributed by atoms with Crippen LogP contribution in [-0.2, 0) is 6.54 Å². The second-order valence-electron chi connectivity index (χ2n) is 5.91. The zero-order chi connectivity index (χ0) is 19.9. The molecule has 0 radical (unpaired) electrons. The zero-order valence-electron chi connectivity index (χ0n) is 15.3. The van der Waals surface area contributed by atoms with Crippen molar-refractivity contribution >= 4 is 23.4 Å². The topological polar surface area (TPSA) is 114 Å². The highest BCUT2D eigenvalue weighted by atomic mass is 16.5. The Morgan fingerprint density at radius 1 is 1.32 bits per heavy atom. The van der Waals surface area contributed by atoms with Crippen LogP contribution in [0.1, 0.15) is 27.2 Å². The molecule has 0 spiro atoms. The van der Waals surface area contributed by atoms with Gasteiger partial charge in [0.05, 0.1) is 36.8 Å². The maximum Gasteiger partial charge on any atom is 0.255 e. The van der Waals surface area contributed by atoms with Crippen LogP contribution in [0.25, 0.3) is 6.08 Å². The molecule has 0 aliphatic rings. The van der Waals surface area contributed by atoms with E-state index in [0.717, 1.165) is 5.56 Å². The zero-order valence-corrected chi connectivity index (χ0v) is 15.3. The van der Waals surface area contributed by atoms with Crippen molar-refractivity contribution in [2.75, 3.05) is 12.8 Å². The largest absolute Gasteiger partial charge is 0.495 e. The number of methoxy groups -OCH3 is 1. The fourth-order valence-corrected chi connectivity index (χ4v) is 2.68. The average Bonchev–Trinajstić information content (AvgIpc) is 3.24. The highest BCUT2D eigenvalue weighted by molar-refractivity contribution is 6.15. The number of aromatic nitrogens is 1. The van der Waals surface area contributed by atoms with Gasteiger partial charge in [0.1, 0.15) is 11.5 Å². The lowest BCUT2D eigenvalue weighted by atomic mass is 10.0. The molecular formula is C21H20N4O3. The van der Waals surface area contributed by atoms with E-state index in [9.17, 15) is 4.79 Å². The summed E-state index contributed by atoms with van der Waals surface area (Å²) in [7, 11) is 1.44. The lowest BCUT2D eigenvalue weighted by molar-refractivity contribution is 0.0945. The van der Waals surface area contributed by atoms with Crippen LogP contribution in [0.3, 0.4) is 0 Å². The molecule has 0 atom stereocenters. The number of carbonyl (C=O) groups is 1. The van der Waals surface area contributed by atoms with Gasteiger partial charge >= 0.3 is 0 Å². The number of rotatable bonds is 7. The fraction of sp³-hybridized carbons (Fsp3) is 0.0952. The number of hydrogen-bond acceptors (Lipinski definition) is 6. The van der Waals surface area contributed by atoms with Gasteiger partial charge in [0.25, 0.3) is 5.91 Å². The van der Waals surface area contributed by atoms with Crippen LogP contribution in [0.15, 0.2) is 65.5 Å². The molecule has 3 rings (SSSR count). The first kappa shape index (κ1) is 18.9. The van der Waals surface area contributed by atoms with Gasteiger partial charge in [-0.15, -0.1) is 0 Å². The Balaban J connectivity index is 1.86. The number of allylic oxidation sites excluding steroid dienone is 1. The van der Waals surface area contributed by atoms with Gasteiger partial charge in [0, 0.05) is 18.1 Å². The number of hydrogen-bond donors (Lipinski definition) is 3. The molecule has 0 fully saturated rings. The van der Waals surface area contributed by atoms with E-state index in [-0.39, 0.29) is 29.5 Å². The van der Waals surface area contributed by atoms with Crippen LogP contribution in [-0.4, -0.2) is 23.7 Å². The van der Waals surface area contributed by atoms with E-state index in [1.807, 2.05) is 12.1 Å². The molecule has 28 heavy (non-hydrogen) atoms. The quantitative estimate of drug-likeness (QED) is 0.432. The van der Waals surface area contributed by atoms with Crippen molar-refractivity contribution in [3.05, 3.63) is 83.6 Å². The smallest absolute Gasteiger partial charge is 0.255 e. The van der Waals surface area contributed by atoms with E-state index in [4.69, 9.17) is 20.3 Å². The average molecular weight is 376 g/mol. The standard InChI is InChI=1S/C21H20N4O3/c1-27-20-16(21(26)25-13-15-5-3-11-28-15)7-9-18(23)19(20)17(22)8-6-14-4-2-10-24-12-14/h2-12,22H,13,23H2,1H3,(H,25,26)/b8-6+,22-17?. The molecule has 7 heteroatoms. The Bertz CT molecular complexity index is 996. The molecule has 0 unspecified atom stereocenters. The summed E-state index contributed by atoms with van der Waals surface area (Å²) >= 11 is 0. The van der Waals surface area contributed by atoms with Crippen molar-refractivity contribution in [1.29, 1.82) is 5.41 Å². The van der Waals surface area contributed by atoms with Crippen LogP contribution < -0.4 is 15.8 Å². The molecule has 0 bridgehead atoms. The van der Waals surface area contributed by atoms with Crippen molar-refractivity contribution in [2.24, 2.45) is 0 Å². The number of benzene rings is 1. The number of nitrogens with zero attached hydrogens (tertiary/aromatic N) is 1. The third-order valence-electron chi connectivity index (χ3n) is 4.04. The first-order valence-electron chi connectivity index (χ1n) is 8.54. The Kier molecular flexibility index (Phi) is 5.86. The predicted molar refractivity (Wildman–Crippen MR) is 107 cm³/mol. The van der Waals surface area contributed by atoms with Gasteiger partial charge in [-0.1, -0.05) is 12.1 Å². The number of nitrogen functional groups attached to an aromatic ring is 1. The monoisotopic (exact) mass is 376 g/mol. The summed E-state index contributed by atoms with van der Waals surface area (Å²) in [5.41, 5.74) is 8.03. The first-order valence-corrected chi connectivity index (χ1v) is 8.54. The maximum atomic E-state index is 12.6. The van der Waals surface area contributed by atoms with Crippen LogP contribution in [0, 0.1) is 5.41 Å². The normalized spacial score (nSPS) is 10.8. The molecular weight excluding hydrogens is 356 g/mol. The van der Waals surface area contributed by atoms with E-state index in [0.29, 0.717) is 17.0 Å². The number of anilines is 1. The van der Waals surface area contributed by atoms with E-state index in [1.165, 1.54) is 7.11 Å². The molecule has 0 saturated carbocycles. The molecule has 4 N–H and O–H groups in total. The Morgan fingerprint density at radius 2 is 2.18 bits per heavy atom. The fourth-order valence-electron chi connectivity index (χ4n) is 2.68. The minimum atomic E-state index is -0.349. The number of pyridine rings is 1. The van der Waals surface area contributed by atoms with Gasteiger partial charge < -0.3 is 25.6 Å². The Morgan fingerprint density at radius 3 is 2.86 bits per heavy atom. The van der Waals surface area contributed by atoms with Gasteiger partial charge in [0.2, 0.25) is 0 Å². The maximum absolute atomic E-state index is 12.6. The molecule has 1 aromatic carbocycles. The van der Waals surface area contributed by atoms with Crippen LogP contribution >= 0.6 is 0 Å². The summed E-state index contributed by atoms with van der Waals surface area (Å²) in [5, 5.41) is 11.2. The lowest BCUT2D eigenvalue weighted by Crippen LogP contribution is -2.24. The van der Waals surface area contributed by atoms with E-state index in [1.54, 1.807) is 55.1 Å². The molecule has 2 heterocycles. The van der Waals surface area contributed by atoms with E-state index >= 15 is 0 Å². The molecule has 142 valence electrons. The highest BCUT2D eigenvalue weighted by Gasteiger charge is 2.20. The molecule has 0 aliphatic heterocycles. The predicted octanol–water partition coefficient (Wildman–Crippen LogP) is 3.28. The van der Waals surface area contributed by atoms with E-state index < -0.39 is 0 Å². The molecule has 2 aromatic heterocycles. The van der Waals surface area contributed by atoms with Gasteiger partial charge in [-0.05, 0) is 42.0 Å². The van der Waals surface area contributed by atoms with Crippen molar-refractivity contribution in [3.63, 3.8) is 0 Å². The minimum absolute atomic E-state index is 0.124. The summed E-state index contributed by atoms with van der Waals surface area (Å²) in [6.45, 7) is 0.243. The Labute approximate surface area is 162 Å². The van der Waals surface area contributed by atoms with Crippen molar-refractivity contribution in [3.8, 4) is 5.75 Å². The number of ether oxygens (including phenoxy) is 1. The summed E-state index contributed by atoms with van der Waals surface area (Å²) in [6.07, 6.45) is 8.24. The van der Waals surface area contributed by atoms with E-state index in [2.05, 4.69) is 10.3 Å². The SMILES string of the molecule is COc1c(C(=O)NCc2ccco2)ccc(N)c1C(=N)/C=C/c1cccnc1. The number of nitrogens with one attached hydrogen (secondary N) is 2. The number of furan rings is 1. The molecule has 1 amide bonds. The number of carbonyl (C=O) groups excluding carboxylic acids is 1. The molecule has 0 aliphatic carbocycles. The molecule has 7 nitrogen and oxygen atoms in total. The van der Waals surface area contributed by atoms with Crippen molar-refractivity contribution in [2.45, 2.75) is 6.54 Å². The van der Waals surface area contributed by atoms with Gasteiger partial charge in [-0.3, -0.25) is 9.78 Å². The van der Waals surface area contributed by atoms with Crippen molar-refractivity contribution in [1.82, 2.24) is 10.3 Å². The van der Waals surface area contributed by atoms with Crippen molar-refractivity contribution < 1.29 is 13.9 Å². The first-order chi connectivity index (χ1) is 13.6. The van der Waals surface area contributed by atoms with Crippen LogP contribution in [0.2, 0.25) is 0 Å². The number of amides is 1. The lowest BCUT2D eigenvalue weighted by Gasteiger charge is -2.15. The molecule has 0 saturated heterocycles. The molecule has 3 aromatic rings. The van der Waals surface area contributed by atoms with Crippen LogP contribution in [0.4, 0.5) is 5.69 Å².